The van der Waals surface area contributed by atoms with Gasteiger partial charge in [0.25, 0.3) is 0 Å². The molecule has 1 aromatic carbocycles. The third-order valence-electron chi connectivity index (χ3n) is 6.46. The molecule has 1 aromatic heterocycles. The first-order valence-electron chi connectivity index (χ1n) is 10.1. The van der Waals surface area contributed by atoms with E-state index in [2.05, 4.69) is 10.1 Å². The fraction of sp³-hybridized carbons (Fsp3) is 0.476. The highest BCUT2D eigenvalue weighted by molar-refractivity contribution is 5.99. The van der Waals surface area contributed by atoms with Crippen LogP contribution in [0.4, 0.5) is 14.5 Å². The number of halogens is 2. The number of aromatic nitrogens is 1. The van der Waals surface area contributed by atoms with Crippen molar-refractivity contribution in [1.82, 2.24) is 9.47 Å². The Hall–Kier alpha value is -3.01. The van der Waals surface area contributed by atoms with Crippen molar-refractivity contribution in [3.05, 3.63) is 39.7 Å². The van der Waals surface area contributed by atoms with Crippen LogP contribution in [0.1, 0.15) is 29.2 Å². The molecular formula is C21H22F2N4O4. The van der Waals surface area contributed by atoms with Crippen LogP contribution in [0.3, 0.4) is 0 Å². The number of anilines is 1. The van der Waals surface area contributed by atoms with Gasteiger partial charge in [-0.15, -0.1) is 0 Å². The van der Waals surface area contributed by atoms with E-state index in [1.54, 1.807) is 4.90 Å². The third-order valence-corrected chi connectivity index (χ3v) is 6.46. The summed E-state index contributed by atoms with van der Waals surface area (Å²) in [5, 5.41) is 13.2. The number of oxime groups is 1. The van der Waals surface area contributed by atoms with Gasteiger partial charge in [-0.25, -0.2) is 13.6 Å². The predicted molar refractivity (Wildman–Crippen MR) is 110 cm³/mol. The molecule has 1 saturated carbocycles. The van der Waals surface area contributed by atoms with E-state index in [0.717, 1.165) is 24.6 Å². The smallest absolute Gasteiger partial charge is 0.341 e. The lowest BCUT2D eigenvalue weighted by molar-refractivity contribution is 0.0694. The maximum atomic E-state index is 15.8. The SMILES string of the molecule is CON=C1CN(c2c(F)cc3c(=O)c(C(=O)O)cn(C4CC4)c3c2F)CC12CN(C)C2. The van der Waals surface area contributed by atoms with E-state index in [4.69, 9.17) is 4.84 Å². The van der Waals surface area contributed by atoms with E-state index in [9.17, 15) is 14.7 Å². The Morgan fingerprint density at radius 3 is 2.58 bits per heavy atom. The molecule has 3 fully saturated rings. The topological polar surface area (TPSA) is 87.4 Å². The second kappa shape index (κ2) is 6.74. The quantitative estimate of drug-likeness (QED) is 0.745. The number of carboxylic acid groups (broad SMARTS) is 1. The summed E-state index contributed by atoms with van der Waals surface area (Å²) in [6, 6.07) is 0.858. The zero-order valence-corrected chi connectivity index (χ0v) is 17.2. The highest BCUT2D eigenvalue weighted by Crippen LogP contribution is 2.43. The van der Waals surface area contributed by atoms with Crippen molar-refractivity contribution < 1.29 is 23.5 Å². The summed E-state index contributed by atoms with van der Waals surface area (Å²) < 4.78 is 32.5. The zero-order valence-electron chi connectivity index (χ0n) is 17.2. The number of nitrogens with zero attached hydrogens (tertiary/aromatic N) is 4. The molecule has 0 unspecified atom stereocenters. The number of rotatable bonds is 4. The van der Waals surface area contributed by atoms with Crippen LogP contribution in [0, 0.1) is 17.0 Å². The summed E-state index contributed by atoms with van der Waals surface area (Å²) in [7, 11) is 3.40. The van der Waals surface area contributed by atoms with Crippen LogP contribution in [-0.4, -0.2) is 66.6 Å². The van der Waals surface area contributed by atoms with E-state index < -0.39 is 28.6 Å². The predicted octanol–water partition coefficient (Wildman–Crippen LogP) is 2.07. The van der Waals surface area contributed by atoms with Gasteiger partial charge in [-0.2, -0.15) is 0 Å². The first-order valence-corrected chi connectivity index (χ1v) is 10.1. The fourth-order valence-electron chi connectivity index (χ4n) is 5.04. The van der Waals surface area contributed by atoms with Crippen molar-refractivity contribution in [2.24, 2.45) is 10.6 Å². The van der Waals surface area contributed by atoms with Gasteiger partial charge >= 0.3 is 5.97 Å². The molecule has 2 aliphatic heterocycles. The van der Waals surface area contributed by atoms with E-state index in [1.807, 2.05) is 7.05 Å². The molecule has 31 heavy (non-hydrogen) atoms. The van der Waals surface area contributed by atoms with Crippen LogP contribution in [0.5, 0.6) is 0 Å². The molecule has 2 saturated heterocycles. The molecule has 5 rings (SSSR count). The maximum Gasteiger partial charge on any atom is 0.341 e. The van der Waals surface area contributed by atoms with Crippen molar-refractivity contribution in [3.63, 3.8) is 0 Å². The number of carbonyl (C=O) groups is 1. The fourth-order valence-corrected chi connectivity index (χ4v) is 5.04. The van der Waals surface area contributed by atoms with Crippen molar-refractivity contribution >= 4 is 28.3 Å². The first kappa shape index (κ1) is 19.9. The zero-order chi connectivity index (χ0) is 22.1. The van der Waals surface area contributed by atoms with Crippen molar-refractivity contribution in [1.29, 1.82) is 0 Å². The van der Waals surface area contributed by atoms with Crippen LogP contribution in [0.15, 0.2) is 22.2 Å². The Kier molecular flexibility index (Phi) is 4.34. The minimum Gasteiger partial charge on any atom is -0.477 e. The van der Waals surface area contributed by atoms with Gasteiger partial charge in [0, 0.05) is 31.9 Å². The summed E-state index contributed by atoms with van der Waals surface area (Å²) in [5.41, 5.74) is -1.25. The van der Waals surface area contributed by atoms with Crippen LogP contribution >= 0.6 is 0 Å². The lowest BCUT2D eigenvalue weighted by Gasteiger charge is -2.45. The Bertz CT molecular complexity index is 1200. The number of benzene rings is 1. The van der Waals surface area contributed by atoms with Crippen LogP contribution in [-0.2, 0) is 4.84 Å². The van der Waals surface area contributed by atoms with Gasteiger partial charge < -0.3 is 24.3 Å². The molecular weight excluding hydrogens is 410 g/mol. The number of aromatic carboxylic acids is 1. The summed E-state index contributed by atoms with van der Waals surface area (Å²) in [5.74, 6) is -3.16. The Labute approximate surface area is 176 Å². The number of likely N-dealkylation sites (tertiary alicyclic amines) is 1. The molecule has 164 valence electrons. The van der Waals surface area contributed by atoms with Gasteiger partial charge in [-0.1, -0.05) is 5.16 Å². The first-order chi connectivity index (χ1) is 14.8. The van der Waals surface area contributed by atoms with Crippen LogP contribution in [0.25, 0.3) is 10.9 Å². The van der Waals surface area contributed by atoms with E-state index >= 15 is 8.78 Å². The standard InChI is InChI=1S/C21H22F2N4O4/c1-25-8-21(9-25)10-26(7-15(21)24-31-2)18-14(22)5-12-17(16(18)23)27(11-3-4-11)6-13(19(12)28)20(29)30/h5-6,11H,3-4,7-10H2,1-2H3,(H,29,30). The lowest BCUT2D eigenvalue weighted by atomic mass is 9.78. The second-order valence-electron chi connectivity index (χ2n) is 8.76. The number of pyridine rings is 1. The number of hydrogen-bond acceptors (Lipinski definition) is 6. The van der Waals surface area contributed by atoms with Crippen molar-refractivity contribution in [2.75, 3.05) is 45.2 Å². The third kappa shape index (κ3) is 2.92. The van der Waals surface area contributed by atoms with Crippen molar-refractivity contribution in [3.8, 4) is 0 Å². The maximum absolute atomic E-state index is 15.8. The Balaban J connectivity index is 1.68. The minimum atomic E-state index is -1.41. The normalized spacial score (nSPS) is 21.8. The highest BCUT2D eigenvalue weighted by Gasteiger charge is 2.52. The summed E-state index contributed by atoms with van der Waals surface area (Å²) in [6.45, 7) is 2.00. The number of hydrogen-bond donors (Lipinski definition) is 1. The summed E-state index contributed by atoms with van der Waals surface area (Å²) in [6.07, 6.45) is 2.67. The van der Waals surface area contributed by atoms with Gasteiger partial charge in [-0.3, -0.25) is 4.79 Å². The molecule has 10 heteroatoms. The van der Waals surface area contributed by atoms with E-state index in [0.29, 0.717) is 19.6 Å². The molecule has 3 heterocycles. The lowest BCUT2D eigenvalue weighted by Crippen LogP contribution is -2.59. The largest absolute Gasteiger partial charge is 0.477 e. The molecule has 1 N–H and O–H groups in total. The van der Waals surface area contributed by atoms with Gasteiger partial charge in [0.2, 0.25) is 5.43 Å². The second-order valence-corrected chi connectivity index (χ2v) is 8.76. The molecule has 2 aromatic rings. The van der Waals surface area contributed by atoms with Gasteiger partial charge in [0.1, 0.15) is 24.2 Å². The van der Waals surface area contributed by atoms with Gasteiger partial charge in [0.05, 0.1) is 28.6 Å². The highest BCUT2D eigenvalue weighted by atomic mass is 19.1. The molecule has 0 radical (unpaired) electrons. The van der Waals surface area contributed by atoms with E-state index in [1.165, 1.54) is 17.9 Å². The molecule has 3 aliphatic rings. The monoisotopic (exact) mass is 432 g/mol. The Morgan fingerprint density at radius 1 is 1.29 bits per heavy atom. The summed E-state index contributed by atoms with van der Waals surface area (Å²) >= 11 is 0. The van der Waals surface area contributed by atoms with Gasteiger partial charge in [0.15, 0.2) is 5.82 Å². The summed E-state index contributed by atoms with van der Waals surface area (Å²) in [4.78, 5) is 32.8. The van der Waals surface area contributed by atoms with Gasteiger partial charge in [-0.05, 0) is 26.0 Å². The molecule has 0 atom stereocenters. The number of carboxylic acids is 1. The van der Waals surface area contributed by atoms with Crippen LogP contribution < -0.4 is 10.3 Å². The average molecular weight is 432 g/mol. The molecule has 1 spiro atoms. The minimum absolute atomic E-state index is 0.0502. The Morgan fingerprint density at radius 2 is 2.00 bits per heavy atom. The van der Waals surface area contributed by atoms with E-state index in [-0.39, 0.29) is 34.6 Å². The van der Waals surface area contributed by atoms with Crippen LogP contribution in [0.2, 0.25) is 0 Å². The average Bonchev–Trinajstić information content (AvgIpc) is 3.46. The molecule has 1 aliphatic carbocycles. The van der Waals surface area contributed by atoms with Crippen molar-refractivity contribution in [2.45, 2.75) is 18.9 Å². The number of fused-ring (bicyclic) bond motifs is 1. The molecule has 8 nitrogen and oxygen atoms in total. The molecule has 0 amide bonds. The molecule has 0 bridgehead atoms.